The highest BCUT2D eigenvalue weighted by molar-refractivity contribution is 7.90. The van der Waals surface area contributed by atoms with Crippen molar-refractivity contribution in [2.24, 2.45) is 4.99 Å². The number of hydrogen-bond acceptors (Lipinski definition) is 7. The standard InChI is InChI=1S/C18H20N4O5S2/c1-12-15(22(24)25)11-16(28-12)18(23)20-13-6-8-14(9-7-13)29(26,27)21-17-5-3-2-4-10-19-17/h6-9,11H,2-5,10H2,1H3,(H,19,21)(H,20,23). The molecule has 0 saturated heterocycles. The average Bonchev–Trinajstić information content (AvgIpc) is 2.89. The summed E-state index contributed by atoms with van der Waals surface area (Å²) in [6.45, 7) is 2.19. The molecule has 1 amide bonds. The molecule has 1 aliphatic rings. The van der Waals surface area contributed by atoms with E-state index in [-0.39, 0.29) is 15.5 Å². The second kappa shape index (κ2) is 8.70. The van der Waals surface area contributed by atoms with Crippen molar-refractivity contribution in [1.29, 1.82) is 0 Å². The minimum Gasteiger partial charge on any atom is -0.321 e. The summed E-state index contributed by atoms with van der Waals surface area (Å²) < 4.78 is 27.6. The van der Waals surface area contributed by atoms with Crippen LogP contribution < -0.4 is 10.0 Å². The van der Waals surface area contributed by atoms with Crippen LogP contribution >= 0.6 is 11.3 Å². The van der Waals surface area contributed by atoms with E-state index in [1.165, 1.54) is 30.3 Å². The smallest absolute Gasteiger partial charge is 0.283 e. The Hall–Kier alpha value is -2.79. The van der Waals surface area contributed by atoms with Crippen LogP contribution in [0.25, 0.3) is 0 Å². The van der Waals surface area contributed by atoms with Crippen LogP contribution in [0.1, 0.15) is 40.2 Å². The summed E-state index contributed by atoms with van der Waals surface area (Å²) in [4.78, 5) is 27.7. The van der Waals surface area contributed by atoms with Crippen LogP contribution in [0.15, 0.2) is 40.2 Å². The average molecular weight is 437 g/mol. The van der Waals surface area contributed by atoms with Crippen LogP contribution in [0.2, 0.25) is 0 Å². The largest absolute Gasteiger partial charge is 0.321 e. The molecule has 0 fully saturated rings. The Bertz CT molecular complexity index is 1060. The van der Waals surface area contributed by atoms with Gasteiger partial charge in [-0.05, 0) is 44.0 Å². The number of nitro groups is 1. The van der Waals surface area contributed by atoms with Gasteiger partial charge in [0.05, 0.1) is 19.6 Å². The minimum absolute atomic E-state index is 0.0602. The lowest BCUT2D eigenvalue weighted by atomic mass is 10.2. The molecule has 9 nitrogen and oxygen atoms in total. The normalized spacial score (nSPS) is 14.6. The first-order valence-corrected chi connectivity index (χ1v) is 11.3. The first-order chi connectivity index (χ1) is 13.8. The summed E-state index contributed by atoms with van der Waals surface area (Å²) in [7, 11) is -3.75. The van der Waals surface area contributed by atoms with E-state index < -0.39 is 20.9 Å². The lowest BCUT2D eigenvalue weighted by Gasteiger charge is -2.10. The maximum absolute atomic E-state index is 12.5. The second-order valence-corrected chi connectivity index (χ2v) is 9.47. The first kappa shape index (κ1) is 20.9. The van der Waals surface area contributed by atoms with Gasteiger partial charge >= 0.3 is 0 Å². The van der Waals surface area contributed by atoms with Gasteiger partial charge in [-0.1, -0.05) is 6.42 Å². The Morgan fingerprint density at radius 2 is 1.93 bits per heavy atom. The highest BCUT2D eigenvalue weighted by Crippen LogP contribution is 2.28. The fourth-order valence-corrected chi connectivity index (χ4v) is 4.82. The summed E-state index contributed by atoms with van der Waals surface area (Å²) in [6.07, 6.45) is 3.47. The number of nitrogens with one attached hydrogen (secondary N) is 2. The quantitative estimate of drug-likeness (QED) is 0.547. The van der Waals surface area contributed by atoms with Crippen LogP contribution in [0.3, 0.4) is 0 Å². The van der Waals surface area contributed by atoms with Crippen LogP contribution in [0.5, 0.6) is 0 Å². The SMILES string of the molecule is Cc1sc(C(=O)Nc2ccc(S(=O)(=O)NC3=NCCCCC3)cc2)cc1[N+](=O)[O-]. The number of aliphatic imine (C=N–C) groups is 1. The maximum atomic E-state index is 12.5. The van der Waals surface area contributed by atoms with Gasteiger partial charge in [0.2, 0.25) is 0 Å². The zero-order valence-corrected chi connectivity index (χ0v) is 17.3. The summed E-state index contributed by atoms with van der Waals surface area (Å²) in [5, 5.41) is 13.5. The van der Waals surface area contributed by atoms with Crippen molar-refractivity contribution in [2.75, 3.05) is 11.9 Å². The fourth-order valence-electron chi connectivity index (χ4n) is 2.85. The molecule has 3 rings (SSSR count). The molecule has 154 valence electrons. The minimum atomic E-state index is -3.75. The first-order valence-electron chi connectivity index (χ1n) is 8.98. The van der Waals surface area contributed by atoms with Gasteiger partial charge in [-0.2, -0.15) is 0 Å². The van der Waals surface area contributed by atoms with Crippen molar-refractivity contribution >= 4 is 44.5 Å². The number of rotatable bonds is 5. The summed E-state index contributed by atoms with van der Waals surface area (Å²) in [6, 6.07) is 6.94. The van der Waals surface area contributed by atoms with Crippen molar-refractivity contribution < 1.29 is 18.1 Å². The van der Waals surface area contributed by atoms with Gasteiger partial charge in [0.15, 0.2) is 0 Å². The fraction of sp³-hybridized carbons (Fsp3) is 0.333. The van der Waals surface area contributed by atoms with Crippen molar-refractivity contribution in [3.05, 3.63) is 50.2 Å². The van der Waals surface area contributed by atoms with E-state index >= 15 is 0 Å². The molecule has 0 aliphatic carbocycles. The third-order valence-electron chi connectivity index (χ3n) is 4.36. The van der Waals surface area contributed by atoms with E-state index in [1.807, 2.05) is 0 Å². The van der Waals surface area contributed by atoms with E-state index in [9.17, 15) is 23.3 Å². The van der Waals surface area contributed by atoms with E-state index in [4.69, 9.17) is 0 Å². The van der Waals surface area contributed by atoms with Crippen LogP contribution in [0.4, 0.5) is 11.4 Å². The van der Waals surface area contributed by atoms with E-state index in [0.717, 1.165) is 30.6 Å². The third kappa shape index (κ3) is 5.18. The lowest BCUT2D eigenvalue weighted by Crippen LogP contribution is -2.30. The molecule has 1 aromatic heterocycles. The highest BCUT2D eigenvalue weighted by atomic mass is 32.2. The third-order valence-corrected chi connectivity index (χ3v) is 6.80. The van der Waals surface area contributed by atoms with E-state index in [1.54, 1.807) is 6.92 Å². The van der Waals surface area contributed by atoms with Crippen molar-refractivity contribution in [2.45, 2.75) is 37.5 Å². The molecule has 0 radical (unpaired) electrons. The zero-order chi connectivity index (χ0) is 21.0. The molecule has 0 unspecified atom stereocenters. The molecule has 2 heterocycles. The topological polar surface area (TPSA) is 131 Å². The van der Waals surface area contributed by atoms with Gasteiger partial charge in [-0.25, -0.2) is 8.42 Å². The number of benzene rings is 1. The summed E-state index contributed by atoms with van der Waals surface area (Å²) in [5.74, 6) is -0.0257. The van der Waals surface area contributed by atoms with E-state index in [0.29, 0.717) is 29.4 Å². The molecular formula is C18H20N4O5S2. The number of anilines is 1. The number of thiophene rings is 1. The molecule has 0 spiro atoms. The maximum Gasteiger partial charge on any atom is 0.283 e. The van der Waals surface area contributed by atoms with Crippen molar-refractivity contribution in [1.82, 2.24) is 4.72 Å². The Morgan fingerprint density at radius 3 is 2.59 bits per heavy atom. The lowest BCUT2D eigenvalue weighted by molar-refractivity contribution is -0.385. The van der Waals surface area contributed by atoms with Gasteiger partial charge in [-0.3, -0.25) is 24.6 Å². The van der Waals surface area contributed by atoms with Gasteiger partial charge in [0.1, 0.15) is 5.84 Å². The molecular weight excluding hydrogens is 416 g/mol. The molecule has 11 heteroatoms. The Morgan fingerprint density at radius 1 is 1.21 bits per heavy atom. The van der Waals surface area contributed by atoms with Crippen LogP contribution in [-0.2, 0) is 10.0 Å². The molecule has 2 aromatic rings. The Kier molecular flexibility index (Phi) is 6.28. The zero-order valence-electron chi connectivity index (χ0n) is 15.7. The predicted octanol–water partition coefficient (Wildman–Crippen LogP) is 3.47. The van der Waals surface area contributed by atoms with Gasteiger partial charge < -0.3 is 5.32 Å². The number of carbonyl (C=O) groups excluding carboxylic acids is 1. The van der Waals surface area contributed by atoms with Crippen molar-refractivity contribution in [3.8, 4) is 0 Å². The number of carbonyl (C=O) groups is 1. The molecule has 2 N–H and O–H groups in total. The molecule has 0 saturated carbocycles. The summed E-state index contributed by atoms with van der Waals surface area (Å²) in [5.41, 5.74) is 0.281. The molecule has 0 bridgehead atoms. The Balaban J connectivity index is 1.69. The number of hydrogen-bond donors (Lipinski definition) is 2. The summed E-state index contributed by atoms with van der Waals surface area (Å²) >= 11 is 1.03. The number of amidine groups is 1. The number of sulfonamides is 1. The van der Waals surface area contributed by atoms with Gasteiger partial charge in [-0.15, -0.1) is 11.3 Å². The molecule has 1 aromatic carbocycles. The number of nitrogens with zero attached hydrogens (tertiary/aromatic N) is 2. The van der Waals surface area contributed by atoms with Crippen LogP contribution in [0, 0.1) is 17.0 Å². The number of amides is 1. The van der Waals surface area contributed by atoms with Gasteiger partial charge in [0, 0.05) is 24.7 Å². The van der Waals surface area contributed by atoms with Crippen LogP contribution in [-0.4, -0.2) is 31.6 Å². The van der Waals surface area contributed by atoms with Crippen molar-refractivity contribution in [3.63, 3.8) is 0 Å². The number of aryl methyl sites for hydroxylation is 1. The van der Waals surface area contributed by atoms with Gasteiger partial charge in [0.25, 0.3) is 21.6 Å². The molecule has 1 aliphatic heterocycles. The molecule has 0 atom stereocenters. The predicted molar refractivity (Wildman–Crippen MR) is 111 cm³/mol. The highest BCUT2D eigenvalue weighted by Gasteiger charge is 2.20. The monoisotopic (exact) mass is 436 g/mol. The van der Waals surface area contributed by atoms with E-state index in [2.05, 4.69) is 15.0 Å². The molecule has 29 heavy (non-hydrogen) atoms. The Labute approximate surface area is 172 Å². The second-order valence-electron chi connectivity index (χ2n) is 6.53.